The van der Waals surface area contributed by atoms with Gasteiger partial charge < -0.3 is 9.84 Å². The first-order valence-electron chi connectivity index (χ1n) is 7.02. The molecule has 1 aromatic rings. The van der Waals surface area contributed by atoms with Crippen molar-refractivity contribution in [2.75, 3.05) is 19.7 Å². The highest BCUT2D eigenvalue weighted by atomic mass is 32.2. The SMILES string of the molecule is CCOc1cccc(S(=O)(=O)N2CCC(C(=O)O)C(F)(F)C2)c1. The number of halogens is 2. The van der Waals surface area contributed by atoms with Crippen molar-refractivity contribution < 1.29 is 31.8 Å². The second-order valence-electron chi connectivity index (χ2n) is 5.19. The third-order valence-electron chi connectivity index (χ3n) is 3.62. The lowest BCUT2D eigenvalue weighted by Crippen LogP contribution is -2.52. The Kier molecular flexibility index (Phi) is 4.90. The van der Waals surface area contributed by atoms with Crippen LogP contribution in [-0.2, 0) is 14.8 Å². The molecule has 0 bridgehead atoms. The van der Waals surface area contributed by atoms with E-state index in [1.807, 2.05) is 0 Å². The largest absolute Gasteiger partial charge is 0.494 e. The molecule has 1 heterocycles. The van der Waals surface area contributed by atoms with Crippen LogP contribution in [0.5, 0.6) is 5.75 Å². The second-order valence-corrected chi connectivity index (χ2v) is 7.12. The van der Waals surface area contributed by atoms with Gasteiger partial charge in [0, 0.05) is 12.6 Å². The molecule has 0 amide bonds. The maximum Gasteiger partial charge on any atom is 0.312 e. The van der Waals surface area contributed by atoms with E-state index < -0.39 is 40.8 Å². The molecule has 0 spiro atoms. The third-order valence-corrected chi connectivity index (χ3v) is 5.46. The topological polar surface area (TPSA) is 83.9 Å². The monoisotopic (exact) mass is 349 g/mol. The van der Waals surface area contributed by atoms with Gasteiger partial charge in [-0.3, -0.25) is 4.79 Å². The number of alkyl halides is 2. The molecule has 1 N–H and O–H groups in total. The Labute approximate surface area is 132 Å². The Balaban J connectivity index is 2.27. The van der Waals surface area contributed by atoms with Crippen molar-refractivity contribution in [3.05, 3.63) is 24.3 Å². The lowest BCUT2D eigenvalue weighted by atomic mass is 9.94. The Morgan fingerprint density at radius 2 is 2.17 bits per heavy atom. The highest BCUT2D eigenvalue weighted by Crippen LogP contribution is 2.35. The minimum atomic E-state index is -4.14. The zero-order valence-electron chi connectivity index (χ0n) is 12.4. The van der Waals surface area contributed by atoms with E-state index in [1.165, 1.54) is 18.2 Å². The molecule has 0 aliphatic carbocycles. The smallest absolute Gasteiger partial charge is 0.312 e. The molecular weight excluding hydrogens is 332 g/mol. The summed E-state index contributed by atoms with van der Waals surface area (Å²) in [5.41, 5.74) is 0. The van der Waals surface area contributed by atoms with Crippen LogP contribution in [0.15, 0.2) is 29.2 Å². The summed E-state index contributed by atoms with van der Waals surface area (Å²) in [5, 5.41) is 8.81. The van der Waals surface area contributed by atoms with Gasteiger partial charge in [-0.15, -0.1) is 0 Å². The predicted molar refractivity (Wildman–Crippen MR) is 77.1 cm³/mol. The van der Waals surface area contributed by atoms with Crippen LogP contribution in [0.1, 0.15) is 13.3 Å². The summed E-state index contributed by atoms with van der Waals surface area (Å²) < 4.78 is 58.6. The van der Waals surface area contributed by atoms with Crippen molar-refractivity contribution in [2.45, 2.75) is 24.2 Å². The average Bonchev–Trinajstić information content (AvgIpc) is 2.46. The third kappa shape index (κ3) is 3.61. The van der Waals surface area contributed by atoms with E-state index >= 15 is 0 Å². The fraction of sp³-hybridized carbons (Fsp3) is 0.500. The summed E-state index contributed by atoms with van der Waals surface area (Å²) >= 11 is 0. The summed E-state index contributed by atoms with van der Waals surface area (Å²) in [4.78, 5) is 10.7. The predicted octanol–water partition coefficient (Wildman–Crippen LogP) is 1.82. The van der Waals surface area contributed by atoms with E-state index in [1.54, 1.807) is 13.0 Å². The lowest BCUT2D eigenvalue weighted by molar-refractivity contribution is -0.163. The number of nitrogens with zero attached hydrogens (tertiary/aromatic N) is 1. The number of rotatable bonds is 5. The minimum Gasteiger partial charge on any atom is -0.494 e. The van der Waals surface area contributed by atoms with Crippen LogP contribution >= 0.6 is 0 Å². The van der Waals surface area contributed by atoms with Crippen LogP contribution in [-0.4, -0.2) is 49.4 Å². The molecule has 0 aromatic heterocycles. The molecule has 0 radical (unpaired) electrons. The van der Waals surface area contributed by atoms with E-state index in [2.05, 4.69) is 0 Å². The van der Waals surface area contributed by atoms with Gasteiger partial charge in [0.1, 0.15) is 11.7 Å². The summed E-state index contributed by atoms with van der Waals surface area (Å²) in [6, 6.07) is 5.58. The first-order valence-corrected chi connectivity index (χ1v) is 8.46. The van der Waals surface area contributed by atoms with Crippen molar-refractivity contribution >= 4 is 16.0 Å². The van der Waals surface area contributed by atoms with Crippen LogP contribution < -0.4 is 4.74 Å². The van der Waals surface area contributed by atoms with E-state index in [-0.39, 0.29) is 11.4 Å². The fourth-order valence-electron chi connectivity index (χ4n) is 2.46. The van der Waals surface area contributed by atoms with Crippen LogP contribution in [0.3, 0.4) is 0 Å². The Morgan fingerprint density at radius 1 is 1.48 bits per heavy atom. The fourth-order valence-corrected chi connectivity index (χ4v) is 3.96. The minimum absolute atomic E-state index is 0.159. The first kappa shape index (κ1) is 17.6. The second kappa shape index (κ2) is 6.40. The average molecular weight is 349 g/mol. The van der Waals surface area contributed by atoms with Crippen LogP contribution in [0.4, 0.5) is 8.78 Å². The van der Waals surface area contributed by atoms with Gasteiger partial charge in [0.05, 0.1) is 18.0 Å². The van der Waals surface area contributed by atoms with Crippen molar-refractivity contribution in [2.24, 2.45) is 5.92 Å². The molecular formula is C14H17F2NO5S. The van der Waals surface area contributed by atoms with Crippen LogP contribution in [0.2, 0.25) is 0 Å². The molecule has 1 atom stereocenters. The highest BCUT2D eigenvalue weighted by Gasteiger charge is 2.51. The van der Waals surface area contributed by atoms with Gasteiger partial charge in [0.25, 0.3) is 5.92 Å². The quantitative estimate of drug-likeness (QED) is 0.877. The van der Waals surface area contributed by atoms with Gasteiger partial charge in [-0.1, -0.05) is 6.07 Å². The highest BCUT2D eigenvalue weighted by molar-refractivity contribution is 7.89. The number of piperidine rings is 1. The number of benzene rings is 1. The molecule has 2 rings (SSSR count). The summed E-state index contributed by atoms with van der Waals surface area (Å²) in [7, 11) is -4.14. The van der Waals surface area contributed by atoms with E-state index in [9.17, 15) is 22.0 Å². The molecule has 1 saturated heterocycles. The number of carboxylic acid groups (broad SMARTS) is 1. The number of hydrogen-bond donors (Lipinski definition) is 1. The number of ether oxygens (including phenoxy) is 1. The van der Waals surface area contributed by atoms with Crippen LogP contribution in [0.25, 0.3) is 0 Å². The Bertz CT molecular complexity index is 692. The number of carboxylic acids is 1. The van der Waals surface area contributed by atoms with E-state index in [4.69, 9.17) is 9.84 Å². The normalized spacial score (nSPS) is 21.8. The summed E-state index contributed by atoms with van der Waals surface area (Å²) in [6.45, 7) is 0.656. The molecule has 1 unspecified atom stereocenters. The first-order chi connectivity index (χ1) is 10.7. The van der Waals surface area contributed by atoms with Gasteiger partial charge in [0.15, 0.2) is 0 Å². The molecule has 1 aliphatic rings. The number of carbonyl (C=O) groups is 1. The molecule has 1 fully saturated rings. The van der Waals surface area contributed by atoms with Crippen molar-refractivity contribution in [3.8, 4) is 5.75 Å². The van der Waals surface area contributed by atoms with Gasteiger partial charge >= 0.3 is 5.97 Å². The zero-order chi connectivity index (χ0) is 17.3. The maximum atomic E-state index is 13.9. The van der Waals surface area contributed by atoms with Gasteiger partial charge in [-0.25, -0.2) is 17.2 Å². The molecule has 128 valence electrons. The van der Waals surface area contributed by atoms with Crippen molar-refractivity contribution in [1.29, 1.82) is 0 Å². The number of hydrogen-bond acceptors (Lipinski definition) is 4. The van der Waals surface area contributed by atoms with Crippen molar-refractivity contribution in [3.63, 3.8) is 0 Å². The molecule has 23 heavy (non-hydrogen) atoms. The van der Waals surface area contributed by atoms with Gasteiger partial charge in [0.2, 0.25) is 10.0 Å². The zero-order valence-corrected chi connectivity index (χ0v) is 13.2. The van der Waals surface area contributed by atoms with Gasteiger partial charge in [-0.2, -0.15) is 4.31 Å². The van der Waals surface area contributed by atoms with Gasteiger partial charge in [-0.05, 0) is 25.5 Å². The summed E-state index contributed by atoms with van der Waals surface area (Å²) in [6.07, 6.45) is -0.438. The molecule has 1 aromatic carbocycles. The number of sulfonamides is 1. The van der Waals surface area contributed by atoms with Crippen molar-refractivity contribution in [1.82, 2.24) is 4.31 Å². The summed E-state index contributed by atoms with van der Waals surface area (Å²) in [5.74, 6) is -6.79. The molecule has 9 heteroatoms. The molecule has 6 nitrogen and oxygen atoms in total. The van der Waals surface area contributed by atoms with E-state index in [0.29, 0.717) is 16.7 Å². The lowest BCUT2D eigenvalue weighted by Gasteiger charge is -2.35. The van der Waals surface area contributed by atoms with Crippen LogP contribution in [0, 0.1) is 5.92 Å². The molecule has 1 aliphatic heterocycles. The standard InChI is InChI=1S/C14H17F2NO5S/c1-2-22-10-4-3-5-11(8-10)23(20,21)17-7-6-12(13(18)19)14(15,16)9-17/h3-5,8,12H,2,6-7,9H2,1H3,(H,18,19). The number of aliphatic carboxylic acids is 1. The van der Waals surface area contributed by atoms with E-state index in [0.717, 1.165) is 0 Å². The Hall–Kier alpha value is -1.74. The molecule has 0 saturated carbocycles. The Morgan fingerprint density at radius 3 is 2.74 bits per heavy atom. The maximum absolute atomic E-state index is 13.9.